The van der Waals surface area contributed by atoms with Gasteiger partial charge < -0.3 is 20.5 Å². The fraction of sp³-hybridized carbons (Fsp3) is 0.261. The van der Waals surface area contributed by atoms with Crippen LogP contribution in [-0.2, 0) is 4.79 Å². The van der Waals surface area contributed by atoms with Gasteiger partial charge in [-0.05, 0) is 37.6 Å². The van der Waals surface area contributed by atoms with Crippen LogP contribution in [0.3, 0.4) is 0 Å². The average molecular weight is 403 g/mol. The predicted octanol–water partition coefficient (Wildman–Crippen LogP) is 2.22. The summed E-state index contributed by atoms with van der Waals surface area (Å²) in [7, 11) is 0. The zero-order valence-corrected chi connectivity index (χ0v) is 16.9. The Morgan fingerprint density at radius 2 is 1.87 bits per heavy atom. The summed E-state index contributed by atoms with van der Waals surface area (Å²) >= 11 is 0. The van der Waals surface area contributed by atoms with Gasteiger partial charge in [0.15, 0.2) is 0 Å². The first-order chi connectivity index (χ1) is 14.6. The van der Waals surface area contributed by atoms with Gasteiger partial charge in [0.1, 0.15) is 6.04 Å². The quantitative estimate of drug-likeness (QED) is 0.683. The van der Waals surface area contributed by atoms with Crippen LogP contribution in [0.1, 0.15) is 23.7 Å². The van der Waals surface area contributed by atoms with Gasteiger partial charge in [0.2, 0.25) is 5.91 Å². The van der Waals surface area contributed by atoms with Crippen molar-refractivity contribution in [3.05, 3.63) is 72.7 Å². The summed E-state index contributed by atoms with van der Waals surface area (Å²) in [5.41, 5.74) is 9.33. The number of nitrogens with two attached hydrogens (primary N) is 1. The van der Waals surface area contributed by atoms with E-state index in [0.29, 0.717) is 25.1 Å². The van der Waals surface area contributed by atoms with Gasteiger partial charge >= 0.3 is 0 Å². The maximum absolute atomic E-state index is 13.0. The molecule has 4 rings (SSSR count). The summed E-state index contributed by atoms with van der Waals surface area (Å²) in [4.78, 5) is 31.4. The Labute approximate surface area is 175 Å². The van der Waals surface area contributed by atoms with E-state index in [2.05, 4.69) is 10.3 Å². The Kier molecular flexibility index (Phi) is 5.63. The summed E-state index contributed by atoms with van der Waals surface area (Å²) in [6, 6.07) is 16.6. The van der Waals surface area contributed by atoms with Crippen LogP contribution in [-0.4, -0.2) is 51.4 Å². The van der Waals surface area contributed by atoms with Crippen molar-refractivity contribution in [3.63, 3.8) is 0 Å². The lowest BCUT2D eigenvalue weighted by molar-refractivity contribution is -0.124. The molecule has 1 aliphatic heterocycles. The molecule has 1 aromatic heterocycles. The van der Waals surface area contributed by atoms with E-state index in [1.807, 2.05) is 60.2 Å². The number of benzene rings is 2. The van der Waals surface area contributed by atoms with E-state index >= 15 is 0 Å². The van der Waals surface area contributed by atoms with Crippen LogP contribution in [0.2, 0.25) is 0 Å². The van der Waals surface area contributed by atoms with Crippen LogP contribution in [0.5, 0.6) is 0 Å². The van der Waals surface area contributed by atoms with Crippen LogP contribution in [0.15, 0.2) is 67.1 Å². The van der Waals surface area contributed by atoms with Gasteiger partial charge in [-0.3, -0.25) is 9.59 Å². The lowest BCUT2D eigenvalue weighted by Crippen LogP contribution is -2.45. The molecule has 1 aliphatic rings. The SMILES string of the molecule is CCNC(=O)[C@@H]1C[C@H](N)CN1C(=O)c1ccc(-c2cn(-c3ccccc3)cn2)cc1. The summed E-state index contributed by atoms with van der Waals surface area (Å²) < 4.78 is 1.96. The molecule has 2 atom stereocenters. The molecule has 2 aromatic carbocycles. The van der Waals surface area contributed by atoms with E-state index in [1.165, 1.54) is 0 Å². The number of amides is 2. The van der Waals surface area contributed by atoms with E-state index in [0.717, 1.165) is 16.9 Å². The lowest BCUT2D eigenvalue weighted by atomic mass is 10.1. The summed E-state index contributed by atoms with van der Waals surface area (Å²) in [5, 5.41) is 2.79. The van der Waals surface area contributed by atoms with Crippen LogP contribution in [0, 0.1) is 0 Å². The van der Waals surface area contributed by atoms with Gasteiger partial charge in [-0.15, -0.1) is 0 Å². The second kappa shape index (κ2) is 8.51. The molecule has 2 amide bonds. The minimum Gasteiger partial charge on any atom is -0.355 e. The molecule has 30 heavy (non-hydrogen) atoms. The molecule has 0 saturated carbocycles. The summed E-state index contributed by atoms with van der Waals surface area (Å²) in [6.07, 6.45) is 4.20. The highest BCUT2D eigenvalue weighted by atomic mass is 16.2. The Morgan fingerprint density at radius 1 is 1.13 bits per heavy atom. The normalized spacial score (nSPS) is 18.4. The number of carbonyl (C=O) groups excluding carboxylic acids is 2. The maximum atomic E-state index is 13.0. The number of aromatic nitrogens is 2. The molecule has 3 N–H and O–H groups in total. The summed E-state index contributed by atoms with van der Waals surface area (Å²) in [6.45, 7) is 2.76. The van der Waals surface area contributed by atoms with Crippen molar-refractivity contribution in [2.45, 2.75) is 25.4 Å². The minimum atomic E-state index is -0.520. The third-order valence-corrected chi connectivity index (χ3v) is 5.31. The van der Waals surface area contributed by atoms with Crippen molar-refractivity contribution >= 4 is 11.8 Å². The molecule has 1 fully saturated rings. The van der Waals surface area contributed by atoms with E-state index < -0.39 is 6.04 Å². The number of hydrogen-bond donors (Lipinski definition) is 2. The first-order valence-electron chi connectivity index (χ1n) is 10.1. The summed E-state index contributed by atoms with van der Waals surface area (Å²) in [5.74, 6) is -0.331. The number of para-hydroxylation sites is 1. The minimum absolute atomic E-state index is 0.151. The van der Waals surface area contributed by atoms with Gasteiger partial charge in [-0.2, -0.15) is 0 Å². The Hall–Kier alpha value is -3.45. The fourth-order valence-electron chi connectivity index (χ4n) is 3.80. The lowest BCUT2D eigenvalue weighted by Gasteiger charge is -2.23. The van der Waals surface area contributed by atoms with Crippen molar-refractivity contribution in [2.24, 2.45) is 5.73 Å². The smallest absolute Gasteiger partial charge is 0.254 e. The number of imidazole rings is 1. The van der Waals surface area contributed by atoms with Crippen LogP contribution in [0.4, 0.5) is 0 Å². The maximum Gasteiger partial charge on any atom is 0.254 e. The highest BCUT2D eigenvalue weighted by Crippen LogP contribution is 2.23. The number of nitrogens with one attached hydrogen (secondary N) is 1. The third-order valence-electron chi connectivity index (χ3n) is 5.31. The number of hydrogen-bond acceptors (Lipinski definition) is 4. The molecule has 0 radical (unpaired) electrons. The standard InChI is InChI=1S/C23H25N5O2/c1-2-25-22(29)21-12-18(24)13-28(21)23(30)17-10-8-16(9-11-17)20-14-27(15-26-20)19-6-4-3-5-7-19/h3-11,14-15,18,21H,2,12-13,24H2,1H3,(H,25,29)/t18-,21-/m0/s1. The molecule has 0 spiro atoms. The van der Waals surface area contributed by atoms with Crippen LogP contribution < -0.4 is 11.1 Å². The molecule has 1 saturated heterocycles. The average Bonchev–Trinajstić information content (AvgIpc) is 3.41. The monoisotopic (exact) mass is 403 g/mol. The van der Waals surface area contributed by atoms with Crippen molar-refractivity contribution in [1.82, 2.24) is 19.8 Å². The van der Waals surface area contributed by atoms with E-state index in [4.69, 9.17) is 5.73 Å². The molecular formula is C23H25N5O2. The molecule has 2 heterocycles. The Morgan fingerprint density at radius 3 is 2.57 bits per heavy atom. The molecule has 3 aromatic rings. The first-order valence-corrected chi connectivity index (χ1v) is 10.1. The van der Waals surface area contributed by atoms with E-state index in [-0.39, 0.29) is 17.9 Å². The zero-order chi connectivity index (χ0) is 21.1. The third kappa shape index (κ3) is 3.97. The molecule has 154 valence electrons. The topological polar surface area (TPSA) is 93.3 Å². The second-order valence-corrected chi connectivity index (χ2v) is 7.44. The van der Waals surface area contributed by atoms with Crippen molar-refractivity contribution in [1.29, 1.82) is 0 Å². The van der Waals surface area contributed by atoms with Gasteiger partial charge in [-0.25, -0.2) is 4.98 Å². The number of nitrogens with zero attached hydrogens (tertiary/aromatic N) is 3. The van der Waals surface area contributed by atoms with Gasteiger partial charge in [0.25, 0.3) is 5.91 Å². The van der Waals surface area contributed by atoms with Crippen LogP contribution in [0.25, 0.3) is 16.9 Å². The van der Waals surface area contributed by atoms with E-state index in [1.54, 1.807) is 23.4 Å². The molecule has 0 aliphatic carbocycles. The highest BCUT2D eigenvalue weighted by Gasteiger charge is 2.38. The molecule has 0 unspecified atom stereocenters. The van der Waals surface area contributed by atoms with E-state index in [9.17, 15) is 9.59 Å². The zero-order valence-electron chi connectivity index (χ0n) is 16.9. The molecule has 7 nitrogen and oxygen atoms in total. The van der Waals surface area contributed by atoms with Crippen molar-refractivity contribution in [2.75, 3.05) is 13.1 Å². The second-order valence-electron chi connectivity index (χ2n) is 7.44. The van der Waals surface area contributed by atoms with Crippen LogP contribution >= 0.6 is 0 Å². The number of likely N-dealkylation sites (tertiary alicyclic amines) is 1. The Balaban J connectivity index is 1.51. The first kappa shape index (κ1) is 19.8. The highest BCUT2D eigenvalue weighted by molar-refractivity contribution is 5.98. The predicted molar refractivity (Wildman–Crippen MR) is 115 cm³/mol. The van der Waals surface area contributed by atoms with Gasteiger partial charge in [0.05, 0.1) is 12.0 Å². The molecule has 7 heteroatoms. The van der Waals surface area contributed by atoms with Crippen molar-refractivity contribution in [3.8, 4) is 16.9 Å². The number of carbonyl (C=O) groups is 2. The fourth-order valence-corrected chi connectivity index (χ4v) is 3.80. The molecule has 0 bridgehead atoms. The molecular weight excluding hydrogens is 378 g/mol. The Bertz CT molecular complexity index is 1030. The van der Waals surface area contributed by atoms with Gasteiger partial charge in [0, 0.05) is 42.1 Å². The number of likely N-dealkylation sites (N-methyl/N-ethyl adjacent to an activating group) is 1. The largest absolute Gasteiger partial charge is 0.355 e. The number of rotatable bonds is 5. The van der Waals surface area contributed by atoms with Gasteiger partial charge in [-0.1, -0.05) is 30.3 Å². The van der Waals surface area contributed by atoms with Crippen molar-refractivity contribution < 1.29 is 9.59 Å².